The summed E-state index contributed by atoms with van der Waals surface area (Å²) in [4.78, 5) is 2.36. The second-order valence-corrected chi connectivity index (χ2v) is 5.58. The summed E-state index contributed by atoms with van der Waals surface area (Å²) in [6, 6.07) is 0. The molecule has 17 heavy (non-hydrogen) atoms. The summed E-state index contributed by atoms with van der Waals surface area (Å²) in [7, 11) is 1.74. The van der Waals surface area contributed by atoms with Crippen LogP contribution >= 0.6 is 0 Å². The molecule has 0 spiro atoms. The Morgan fingerprint density at radius 1 is 1.59 bits per heavy atom. The van der Waals surface area contributed by atoms with Crippen molar-refractivity contribution in [2.75, 3.05) is 33.4 Å². The fourth-order valence-electron chi connectivity index (χ4n) is 2.93. The molecule has 0 aromatic carbocycles. The number of hydrogen-bond donors (Lipinski definition) is 1. The summed E-state index contributed by atoms with van der Waals surface area (Å²) in [5.74, 6) is 0.766. The van der Waals surface area contributed by atoms with Crippen LogP contribution in [-0.4, -0.2) is 43.8 Å². The minimum atomic E-state index is -0.00554. The van der Waals surface area contributed by atoms with Gasteiger partial charge in [-0.3, -0.25) is 4.90 Å². The van der Waals surface area contributed by atoms with E-state index in [4.69, 9.17) is 10.5 Å². The molecule has 1 aliphatic rings. The lowest BCUT2D eigenvalue weighted by molar-refractivity contribution is 0.118. The van der Waals surface area contributed by atoms with Gasteiger partial charge in [0.15, 0.2) is 0 Å². The van der Waals surface area contributed by atoms with Crippen LogP contribution in [0.1, 0.15) is 32.6 Å². The van der Waals surface area contributed by atoms with Crippen LogP contribution in [0.15, 0.2) is 12.7 Å². The summed E-state index contributed by atoms with van der Waals surface area (Å²) in [5, 5.41) is 0. The lowest BCUT2D eigenvalue weighted by Crippen LogP contribution is -2.53. The molecule has 2 N–H and O–H groups in total. The van der Waals surface area contributed by atoms with E-state index < -0.39 is 0 Å². The van der Waals surface area contributed by atoms with Crippen LogP contribution in [0.3, 0.4) is 0 Å². The van der Waals surface area contributed by atoms with Crippen molar-refractivity contribution in [3.63, 3.8) is 0 Å². The van der Waals surface area contributed by atoms with Crippen molar-refractivity contribution >= 4 is 0 Å². The van der Waals surface area contributed by atoms with Gasteiger partial charge in [-0.2, -0.15) is 0 Å². The van der Waals surface area contributed by atoms with Gasteiger partial charge >= 0.3 is 0 Å². The minimum absolute atomic E-state index is 0.00554. The van der Waals surface area contributed by atoms with Crippen molar-refractivity contribution in [3.8, 4) is 0 Å². The van der Waals surface area contributed by atoms with E-state index in [2.05, 4.69) is 18.4 Å². The van der Waals surface area contributed by atoms with E-state index in [1.807, 2.05) is 6.08 Å². The third kappa shape index (κ3) is 5.19. The Hall–Kier alpha value is -0.380. The van der Waals surface area contributed by atoms with Crippen molar-refractivity contribution in [1.29, 1.82) is 0 Å². The number of hydrogen-bond acceptors (Lipinski definition) is 3. The maximum Gasteiger partial charge on any atom is 0.0589 e. The molecule has 0 aliphatic heterocycles. The van der Waals surface area contributed by atoms with Gasteiger partial charge in [0.05, 0.1) is 6.61 Å². The molecule has 1 fully saturated rings. The first-order chi connectivity index (χ1) is 8.09. The number of nitrogens with zero attached hydrogens (tertiary/aromatic N) is 1. The quantitative estimate of drug-likeness (QED) is 0.692. The zero-order valence-corrected chi connectivity index (χ0v) is 11.5. The normalized spacial score (nSPS) is 29.5. The second kappa shape index (κ2) is 7.14. The Kier molecular flexibility index (Phi) is 6.17. The average Bonchev–Trinajstić information content (AvgIpc) is 2.25. The topological polar surface area (TPSA) is 38.5 Å². The number of nitrogens with two attached hydrogens (primary N) is 1. The third-order valence-electron chi connectivity index (χ3n) is 3.66. The van der Waals surface area contributed by atoms with E-state index >= 15 is 0 Å². The molecule has 3 heteroatoms. The first kappa shape index (κ1) is 14.7. The molecule has 3 nitrogen and oxygen atoms in total. The number of rotatable bonds is 7. The van der Waals surface area contributed by atoms with Crippen LogP contribution in [0.4, 0.5) is 0 Å². The molecule has 1 saturated carbocycles. The Balaban J connectivity index is 2.48. The van der Waals surface area contributed by atoms with E-state index in [1.54, 1.807) is 7.11 Å². The van der Waals surface area contributed by atoms with Gasteiger partial charge in [0.1, 0.15) is 0 Å². The monoisotopic (exact) mass is 240 g/mol. The van der Waals surface area contributed by atoms with Crippen molar-refractivity contribution in [2.45, 2.75) is 38.1 Å². The predicted molar refractivity (Wildman–Crippen MR) is 73.1 cm³/mol. The van der Waals surface area contributed by atoms with Crippen molar-refractivity contribution in [1.82, 2.24) is 4.90 Å². The van der Waals surface area contributed by atoms with E-state index in [9.17, 15) is 0 Å². The van der Waals surface area contributed by atoms with E-state index in [0.29, 0.717) is 0 Å². The molecule has 0 heterocycles. The Bertz CT molecular complexity index is 232. The summed E-state index contributed by atoms with van der Waals surface area (Å²) >= 11 is 0. The molecule has 1 aliphatic carbocycles. The maximum atomic E-state index is 6.54. The van der Waals surface area contributed by atoms with Gasteiger partial charge in [0.25, 0.3) is 0 Å². The van der Waals surface area contributed by atoms with Gasteiger partial charge in [0, 0.05) is 32.3 Å². The lowest BCUT2D eigenvalue weighted by atomic mass is 9.77. The Morgan fingerprint density at radius 3 is 2.94 bits per heavy atom. The number of methoxy groups -OCH3 is 1. The highest BCUT2D eigenvalue weighted by atomic mass is 16.5. The zero-order valence-electron chi connectivity index (χ0n) is 11.5. The molecule has 1 rings (SSSR count). The zero-order chi connectivity index (χ0) is 12.7. The van der Waals surface area contributed by atoms with E-state index in [0.717, 1.165) is 45.0 Å². The van der Waals surface area contributed by atoms with Crippen LogP contribution in [0.5, 0.6) is 0 Å². The minimum Gasteiger partial charge on any atom is -0.383 e. The first-order valence-corrected chi connectivity index (χ1v) is 6.71. The summed E-state index contributed by atoms with van der Waals surface area (Å²) in [6.07, 6.45) is 6.85. The summed E-state index contributed by atoms with van der Waals surface area (Å²) in [6.45, 7) is 9.70. The molecule has 0 radical (unpaired) electrons. The predicted octanol–water partition coefficient (Wildman–Crippen LogP) is 2.03. The standard InChI is InChI=1S/C14H28N2O/c1-4-8-16(9-10-17-3)12-14(15)7-5-6-13(2)11-14/h4,13H,1,5-12,15H2,2-3H3. The summed E-state index contributed by atoms with van der Waals surface area (Å²) < 4.78 is 5.15. The molecule has 2 unspecified atom stereocenters. The summed E-state index contributed by atoms with van der Waals surface area (Å²) in [5.41, 5.74) is 6.53. The Morgan fingerprint density at radius 2 is 2.35 bits per heavy atom. The smallest absolute Gasteiger partial charge is 0.0589 e. The molecule has 0 saturated heterocycles. The van der Waals surface area contributed by atoms with Crippen LogP contribution in [0.25, 0.3) is 0 Å². The molecular formula is C14H28N2O. The van der Waals surface area contributed by atoms with E-state index in [1.165, 1.54) is 12.8 Å². The molecule has 100 valence electrons. The third-order valence-corrected chi connectivity index (χ3v) is 3.66. The first-order valence-electron chi connectivity index (χ1n) is 6.71. The van der Waals surface area contributed by atoms with Crippen LogP contribution in [0, 0.1) is 5.92 Å². The van der Waals surface area contributed by atoms with E-state index in [-0.39, 0.29) is 5.54 Å². The van der Waals surface area contributed by atoms with Crippen molar-refractivity contribution < 1.29 is 4.74 Å². The van der Waals surface area contributed by atoms with Gasteiger partial charge in [0.2, 0.25) is 0 Å². The van der Waals surface area contributed by atoms with Gasteiger partial charge in [-0.15, -0.1) is 6.58 Å². The van der Waals surface area contributed by atoms with Gasteiger partial charge < -0.3 is 10.5 Å². The lowest BCUT2D eigenvalue weighted by Gasteiger charge is -2.40. The van der Waals surface area contributed by atoms with Gasteiger partial charge in [-0.25, -0.2) is 0 Å². The highest BCUT2D eigenvalue weighted by Gasteiger charge is 2.32. The Labute approximate surface area is 106 Å². The van der Waals surface area contributed by atoms with Crippen molar-refractivity contribution in [3.05, 3.63) is 12.7 Å². The molecule has 0 aromatic rings. The van der Waals surface area contributed by atoms with Crippen LogP contribution in [0.2, 0.25) is 0 Å². The molecular weight excluding hydrogens is 212 g/mol. The number of ether oxygens (including phenoxy) is 1. The highest BCUT2D eigenvalue weighted by Crippen LogP contribution is 2.30. The highest BCUT2D eigenvalue weighted by molar-refractivity contribution is 4.93. The van der Waals surface area contributed by atoms with Gasteiger partial charge in [-0.1, -0.05) is 25.8 Å². The fourth-order valence-corrected chi connectivity index (χ4v) is 2.93. The van der Waals surface area contributed by atoms with Gasteiger partial charge in [-0.05, 0) is 18.8 Å². The second-order valence-electron chi connectivity index (χ2n) is 5.58. The largest absolute Gasteiger partial charge is 0.383 e. The van der Waals surface area contributed by atoms with Crippen molar-refractivity contribution in [2.24, 2.45) is 11.7 Å². The fraction of sp³-hybridized carbons (Fsp3) is 0.857. The molecule has 2 atom stereocenters. The molecule has 0 bridgehead atoms. The molecule has 0 aromatic heterocycles. The maximum absolute atomic E-state index is 6.54. The average molecular weight is 240 g/mol. The van der Waals surface area contributed by atoms with Crippen LogP contribution < -0.4 is 5.73 Å². The molecule has 0 amide bonds. The SMILES string of the molecule is C=CCN(CCOC)CC1(N)CCCC(C)C1. The van der Waals surface area contributed by atoms with Crippen LogP contribution in [-0.2, 0) is 4.74 Å².